The van der Waals surface area contributed by atoms with Crippen molar-refractivity contribution in [3.05, 3.63) is 0 Å². The van der Waals surface area contributed by atoms with Crippen LogP contribution < -0.4 is 11.3 Å². The Morgan fingerprint density at radius 3 is 2.13 bits per heavy atom. The highest BCUT2D eigenvalue weighted by Crippen LogP contribution is 2.58. The molecule has 0 spiro atoms. The molecule has 3 saturated carbocycles. The summed E-state index contributed by atoms with van der Waals surface area (Å²) in [5, 5.41) is 0. The Labute approximate surface area is 91.8 Å². The maximum Gasteiger partial charge on any atom is 0.240 e. The summed E-state index contributed by atoms with van der Waals surface area (Å²) in [4.78, 5) is 11.8. The highest BCUT2D eigenvalue weighted by Gasteiger charge is 2.51. The molecule has 0 aromatic carbocycles. The molecular weight excluding hydrogens is 188 g/mol. The van der Waals surface area contributed by atoms with E-state index in [1.54, 1.807) is 0 Å². The summed E-state index contributed by atoms with van der Waals surface area (Å²) in [7, 11) is 0. The van der Waals surface area contributed by atoms with Gasteiger partial charge < -0.3 is 0 Å². The van der Waals surface area contributed by atoms with Gasteiger partial charge >= 0.3 is 0 Å². The second kappa shape index (κ2) is 3.78. The minimum atomic E-state index is -0.107. The van der Waals surface area contributed by atoms with Gasteiger partial charge in [-0.05, 0) is 50.4 Å². The molecule has 0 saturated heterocycles. The number of rotatable bonds is 3. The molecule has 0 heterocycles. The normalized spacial score (nSPS) is 39.1. The zero-order chi connectivity index (χ0) is 10.9. The van der Waals surface area contributed by atoms with Gasteiger partial charge in [0, 0.05) is 0 Å². The molecule has 0 aromatic heterocycles. The Morgan fingerprint density at radius 1 is 1.20 bits per heavy atom. The summed E-state index contributed by atoms with van der Waals surface area (Å²) in [6.45, 7) is 2.26. The van der Waals surface area contributed by atoms with Gasteiger partial charge in [0.1, 0.15) is 0 Å². The van der Waals surface area contributed by atoms with Crippen molar-refractivity contribution in [3.63, 3.8) is 0 Å². The first-order valence-corrected chi connectivity index (χ1v) is 6.17. The van der Waals surface area contributed by atoms with E-state index in [1.165, 1.54) is 32.1 Å². The van der Waals surface area contributed by atoms with Crippen LogP contribution in [0.4, 0.5) is 0 Å². The van der Waals surface area contributed by atoms with Crippen LogP contribution >= 0.6 is 0 Å². The van der Waals surface area contributed by atoms with Gasteiger partial charge in [-0.25, -0.2) is 5.84 Å². The number of hydrazine groups is 1. The SMILES string of the molecule is CCCC12CCC(C(=O)NN)(CC1)CC2. The summed E-state index contributed by atoms with van der Waals surface area (Å²) in [6.07, 6.45) is 9.46. The van der Waals surface area contributed by atoms with Crippen LogP contribution in [-0.2, 0) is 4.79 Å². The van der Waals surface area contributed by atoms with E-state index in [-0.39, 0.29) is 11.3 Å². The largest absolute Gasteiger partial charge is 0.294 e. The van der Waals surface area contributed by atoms with Crippen LogP contribution in [-0.4, -0.2) is 5.91 Å². The maximum absolute atomic E-state index is 11.8. The molecule has 3 heteroatoms. The van der Waals surface area contributed by atoms with Crippen LogP contribution in [0.3, 0.4) is 0 Å². The lowest BCUT2D eigenvalue weighted by Gasteiger charge is -2.52. The van der Waals surface area contributed by atoms with Crippen LogP contribution in [0, 0.1) is 10.8 Å². The molecule has 3 nitrogen and oxygen atoms in total. The minimum absolute atomic E-state index is 0.0762. The molecule has 0 unspecified atom stereocenters. The van der Waals surface area contributed by atoms with E-state index in [2.05, 4.69) is 12.3 Å². The van der Waals surface area contributed by atoms with E-state index in [4.69, 9.17) is 5.84 Å². The molecule has 1 amide bonds. The molecule has 3 rings (SSSR count). The van der Waals surface area contributed by atoms with E-state index < -0.39 is 0 Å². The third-order valence-electron chi connectivity index (χ3n) is 4.79. The molecule has 0 aromatic rings. The van der Waals surface area contributed by atoms with Crippen molar-refractivity contribution in [1.29, 1.82) is 0 Å². The molecule has 0 aliphatic heterocycles. The topological polar surface area (TPSA) is 55.1 Å². The zero-order valence-corrected chi connectivity index (χ0v) is 9.64. The lowest BCUT2D eigenvalue weighted by Crippen LogP contribution is -2.51. The second-order valence-corrected chi connectivity index (χ2v) is 5.50. The molecule has 3 aliphatic rings. The summed E-state index contributed by atoms with van der Waals surface area (Å²) in [5.41, 5.74) is 2.82. The van der Waals surface area contributed by atoms with E-state index in [0.29, 0.717) is 5.41 Å². The summed E-state index contributed by atoms with van der Waals surface area (Å²) in [6, 6.07) is 0. The lowest BCUT2D eigenvalue weighted by molar-refractivity contribution is -0.140. The van der Waals surface area contributed by atoms with Gasteiger partial charge in [-0.1, -0.05) is 13.3 Å². The standard InChI is InChI=1S/C12H22N2O/c1-2-3-11-4-7-12(8-5-11,9-6-11)10(15)14-13/h2-9,13H2,1H3,(H,14,15). The quantitative estimate of drug-likeness (QED) is 0.426. The van der Waals surface area contributed by atoms with Gasteiger partial charge in [-0.15, -0.1) is 0 Å². The fourth-order valence-electron chi connectivity index (χ4n) is 3.66. The minimum Gasteiger partial charge on any atom is -0.294 e. The molecular formula is C12H22N2O. The first-order chi connectivity index (χ1) is 7.16. The van der Waals surface area contributed by atoms with Gasteiger partial charge in [-0.3, -0.25) is 10.2 Å². The van der Waals surface area contributed by atoms with Crippen molar-refractivity contribution >= 4 is 5.91 Å². The van der Waals surface area contributed by atoms with Crippen LogP contribution in [0.25, 0.3) is 0 Å². The molecule has 3 fully saturated rings. The second-order valence-electron chi connectivity index (χ2n) is 5.50. The number of hydrogen-bond acceptors (Lipinski definition) is 2. The predicted octanol–water partition coefficient (Wildman–Crippen LogP) is 2.12. The Morgan fingerprint density at radius 2 is 1.73 bits per heavy atom. The van der Waals surface area contributed by atoms with Crippen LogP contribution in [0.1, 0.15) is 58.3 Å². The van der Waals surface area contributed by atoms with Crippen molar-refractivity contribution in [2.75, 3.05) is 0 Å². The van der Waals surface area contributed by atoms with Crippen LogP contribution in [0.2, 0.25) is 0 Å². The van der Waals surface area contributed by atoms with Gasteiger partial charge in [0.15, 0.2) is 0 Å². The average Bonchev–Trinajstić information content (AvgIpc) is 2.30. The third kappa shape index (κ3) is 1.67. The lowest BCUT2D eigenvalue weighted by atomic mass is 9.52. The molecule has 3 N–H and O–H groups in total. The molecule has 2 bridgehead atoms. The number of fused-ring (bicyclic) bond motifs is 3. The number of nitrogens with one attached hydrogen (secondary N) is 1. The number of amides is 1. The third-order valence-corrected chi connectivity index (χ3v) is 4.79. The average molecular weight is 210 g/mol. The van der Waals surface area contributed by atoms with Gasteiger partial charge in [-0.2, -0.15) is 0 Å². The summed E-state index contributed by atoms with van der Waals surface area (Å²) in [5.74, 6) is 5.35. The van der Waals surface area contributed by atoms with Gasteiger partial charge in [0.2, 0.25) is 5.91 Å². The predicted molar refractivity (Wildman–Crippen MR) is 59.8 cm³/mol. The van der Waals surface area contributed by atoms with E-state index in [1.807, 2.05) is 0 Å². The van der Waals surface area contributed by atoms with E-state index in [9.17, 15) is 4.79 Å². The Hall–Kier alpha value is -0.570. The number of nitrogens with two attached hydrogens (primary N) is 1. The van der Waals surface area contributed by atoms with E-state index in [0.717, 1.165) is 19.3 Å². The number of carbonyl (C=O) groups is 1. The summed E-state index contributed by atoms with van der Waals surface area (Å²) < 4.78 is 0. The van der Waals surface area contributed by atoms with E-state index >= 15 is 0 Å². The molecule has 0 radical (unpaired) electrons. The number of carbonyl (C=O) groups excluding carboxylic acids is 1. The fraction of sp³-hybridized carbons (Fsp3) is 0.917. The fourth-order valence-corrected chi connectivity index (χ4v) is 3.66. The smallest absolute Gasteiger partial charge is 0.240 e. The van der Waals surface area contributed by atoms with Crippen molar-refractivity contribution in [2.24, 2.45) is 16.7 Å². The highest BCUT2D eigenvalue weighted by atomic mass is 16.2. The van der Waals surface area contributed by atoms with Gasteiger partial charge in [0.25, 0.3) is 0 Å². The van der Waals surface area contributed by atoms with Crippen LogP contribution in [0.15, 0.2) is 0 Å². The molecule has 3 aliphatic carbocycles. The van der Waals surface area contributed by atoms with Crippen molar-refractivity contribution in [2.45, 2.75) is 58.3 Å². The van der Waals surface area contributed by atoms with Crippen molar-refractivity contribution in [1.82, 2.24) is 5.43 Å². The molecule has 15 heavy (non-hydrogen) atoms. The van der Waals surface area contributed by atoms with Gasteiger partial charge in [0.05, 0.1) is 5.41 Å². The Bertz CT molecular complexity index is 238. The monoisotopic (exact) mass is 210 g/mol. The Kier molecular flexibility index (Phi) is 2.75. The molecule has 0 atom stereocenters. The Balaban J connectivity index is 2.07. The van der Waals surface area contributed by atoms with Crippen LogP contribution in [0.5, 0.6) is 0 Å². The maximum atomic E-state index is 11.8. The first-order valence-electron chi connectivity index (χ1n) is 6.17. The highest BCUT2D eigenvalue weighted by molar-refractivity contribution is 5.82. The summed E-state index contributed by atoms with van der Waals surface area (Å²) >= 11 is 0. The zero-order valence-electron chi connectivity index (χ0n) is 9.64. The van der Waals surface area contributed by atoms with Crippen molar-refractivity contribution in [3.8, 4) is 0 Å². The first kappa shape index (κ1) is 10.9. The molecule has 86 valence electrons. The van der Waals surface area contributed by atoms with Crippen molar-refractivity contribution < 1.29 is 4.79 Å². The number of hydrogen-bond donors (Lipinski definition) is 2.